The molecule has 1 aromatic carbocycles. The summed E-state index contributed by atoms with van der Waals surface area (Å²) in [5.41, 5.74) is 0.455. The van der Waals surface area contributed by atoms with Crippen molar-refractivity contribution in [3.05, 3.63) is 24.3 Å². The molecule has 1 amide bonds. The summed E-state index contributed by atoms with van der Waals surface area (Å²) in [6, 6.07) is 5.96. The predicted molar refractivity (Wildman–Crippen MR) is 71.1 cm³/mol. The predicted octanol–water partition coefficient (Wildman–Crippen LogP) is 2.02. The highest BCUT2D eigenvalue weighted by atomic mass is 16.7. The molecule has 0 aliphatic heterocycles. The molecule has 0 saturated carbocycles. The summed E-state index contributed by atoms with van der Waals surface area (Å²) in [6.07, 6.45) is 8.29. The van der Waals surface area contributed by atoms with E-state index in [1.165, 1.54) is 24.3 Å². The van der Waals surface area contributed by atoms with Crippen LogP contribution in [0.2, 0.25) is 0 Å². The average Bonchev–Trinajstić information content (AvgIpc) is 2.45. The molecule has 1 N–H and O–H groups in total. The quantitative estimate of drug-likeness (QED) is 0.516. The van der Waals surface area contributed by atoms with Gasteiger partial charge in [0, 0.05) is 5.69 Å². The Morgan fingerprint density at radius 2 is 1.65 bits per heavy atom. The zero-order valence-corrected chi connectivity index (χ0v) is 10.4. The molecule has 0 spiro atoms. The molecule has 0 aliphatic carbocycles. The van der Waals surface area contributed by atoms with Gasteiger partial charge in [-0.2, -0.15) is 0 Å². The molecule has 6 nitrogen and oxygen atoms in total. The van der Waals surface area contributed by atoms with Gasteiger partial charge in [-0.1, -0.05) is 11.8 Å². The smallest absolute Gasteiger partial charge is 0.436 e. The lowest BCUT2D eigenvalue weighted by Crippen LogP contribution is -2.14. The van der Waals surface area contributed by atoms with Crippen LogP contribution in [0.1, 0.15) is 0 Å². The van der Waals surface area contributed by atoms with Gasteiger partial charge in [-0.15, -0.1) is 12.8 Å². The van der Waals surface area contributed by atoms with E-state index in [1.54, 1.807) is 0 Å². The van der Waals surface area contributed by atoms with E-state index in [-0.39, 0.29) is 19.0 Å². The molecule has 0 radical (unpaired) electrons. The number of carbonyl (C=O) groups excluding carboxylic acids is 2. The lowest BCUT2D eigenvalue weighted by atomic mass is 10.3. The third-order valence-corrected chi connectivity index (χ3v) is 1.86. The molecule has 102 valence electrons. The Morgan fingerprint density at radius 3 is 2.25 bits per heavy atom. The minimum absolute atomic E-state index is 0.117. The molecule has 0 bridgehead atoms. The molecule has 20 heavy (non-hydrogen) atoms. The van der Waals surface area contributed by atoms with Crippen molar-refractivity contribution >= 4 is 17.9 Å². The fourth-order valence-electron chi connectivity index (χ4n) is 1.09. The maximum Gasteiger partial charge on any atom is 0.514 e. The van der Waals surface area contributed by atoms with Crippen LogP contribution in [0, 0.1) is 24.7 Å². The standard InChI is InChI=1S/C14H11NO5/c1-3-9-18-13(16)15-11-5-7-12(8-6-11)20-14(17)19-10-4-2/h1-2,5-8H,9-10H2,(H,15,16). The number of terminal acetylenes is 2. The monoisotopic (exact) mass is 273 g/mol. The number of amides is 1. The third kappa shape index (κ3) is 5.48. The van der Waals surface area contributed by atoms with Crippen LogP contribution < -0.4 is 10.1 Å². The number of ether oxygens (including phenoxy) is 3. The van der Waals surface area contributed by atoms with Gasteiger partial charge in [0.1, 0.15) is 5.75 Å². The van der Waals surface area contributed by atoms with Crippen LogP contribution in [-0.2, 0) is 9.47 Å². The van der Waals surface area contributed by atoms with Crippen molar-refractivity contribution in [1.29, 1.82) is 0 Å². The fraction of sp³-hybridized carbons (Fsp3) is 0.143. The summed E-state index contributed by atoms with van der Waals surface area (Å²) in [4.78, 5) is 22.3. The lowest BCUT2D eigenvalue weighted by Gasteiger charge is -2.06. The average molecular weight is 273 g/mol. The van der Waals surface area contributed by atoms with Crippen molar-refractivity contribution < 1.29 is 23.8 Å². The Morgan fingerprint density at radius 1 is 1.05 bits per heavy atom. The van der Waals surface area contributed by atoms with Crippen molar-refractivity contribution in [2.24, 2.45) is 0 Å². The number of nitrogens with one attached hydrogen (secondary N) is 1. The number of hydrogen-bond acceptors (Lipinski definition) is 5. The number of benzene rings is 1. The van der Waals surface area contributed by atoms with Gasteiger partial charge in [0.2, 0.25) is 0 Å². The van der Waals surface area contributed by atoms with Crippen LogP contribution in [0.4, 0.5) is 15.3 Å². The van der Waals surface area contributed by atoms with E-state index in [1.807, 2.05) is 0 Å². The molecule has 0 aliphatic rings. The number of hydrogen-bond donors (Lipinski definition) is 1. The molecular weight excluding hydrogens is 262 g/mol. The Hall–Kier alpha value is -3.12. The molecule has 1 rings (SSSR count). The highest BCUT2D eigenvalue weighted by molar-refractivity contribution is 5.84. The topological polar surface area (TPSA) is 73.9 Å². The molecule has 0 aromatic heterocycles. The van der Waals surface area contributed by atoms with Gasteiger partial charge in [-0.3, -0.25) is 5.32 Å². The van der Waals surface area contributed by atoms with Crippen LogP contribution in [0.3, 0.4) is 0 Å². The Labute approximate surface area is 116 Å². The zero-order valence-electron chi connectivity index (χ0n) is 10.4. The van der Waals surface area contributed by atoms with Crippen molar-refractivity contribution in [2.45, 2.75) is 0 Å². The van der Waals surface area contributed by atoms with E-state index in [4.69, 9.17) is 17.6 Å². The van der Waals surface area contributed by atoms with E-state index in [2.05, 4.69) is 26.6 Å². The maximum atomic E-state index is 11.2. The first-order valence-electron chi connectivity index (χ1n) is 5.41. The van der Waals surface area contributed by atoms with Gasteiger partial charge in [-0.05, 0) is 24.3 Å². The van der Waals surface area contributed by atoms with Crippen molar-refractivity contribution in [1.82, 2.24) is 0 Å². The maximum absolute atomic E-state index is 11.2. The van der Waals surface area contributed by atoms with E-state index in [0.717, 1.165) is 0 Å². The highest BCUT2D eigenvalue weighted by Gasteiger charge is 2.06. The number of anilines is 1. The van der Waals surface area contributed by atoms with Gasteiger partial charge in [0.25, 0.3) is 0 Å². The van der Waals surface area contributed by atoms with Gasteiger partial charge < -0.3 is 14.2 Å². The van der Waals surface area contributed by atoms with Crippen molar-refractivity contribution in [3.63, 3.8) is 0 Å². The molecule has 0 unspecified atom stereocenters. The van der Waals surface area contributed by atoms with Crippen molar-refractivity contribution in [3.8, 4) is 30.4 Å². The first-order valence-corrected chi connectivity index (χ1v) is 5.41. The first kappa shape index (κ1) is 14.9. The third-order valence-electron chi connectivity index (χ3n) is 1.86. The van der Waals surface area contributed by atoms with Crippen LogP contribution in [0.15, 0.2) is 24.3 Å². The summed E-state index contributed by atoms with van der Waals surface area (Å²) >= 11 is 0. The first-order chi connectivity index (χ1) is 9.65. The molecule has 1 aromatic rings. The second-order valence-corrected chi connectivity index (χ2v) is 3.27. The van der Waals surface area contributed by atoms with Crippen LogP contribution in [-0.4, -0.2) is 25.5 Å². The minimum Gasteiger partial charge on any atom is -0.436 e. The number of rotatable bonds is 4. The van der Waals surface area contributed by atoms with E-state index in [0.29, 0.717) is 5.69 Å². The van der Waals surface area contributed by atoms with Gasteiger partial charge in [0.15, 0.2) is 13.2 Å². The van der Waals surface area contributed by atoms with Crippen LogP contribution >= 0.6 is 0 Å². The fourth-order valence-corrected chi connectivity index (χ4v) is 1.09. The largest absolute Gasteiger partial charge is 0.514 e. The highest BCUT2D eigenvalue weighted by Crippen LogP contribution is 2.16. The molecule has 0 atom stereocenters. The number of carbonyl (C=O) groups is 2. The lowest BCUT2D eigenvalue weighted by molar-refractivity contribution is 0.111. The molecule has 0 saturated heterocycles. The SMILES string of the molecule is C#CCOC(=O)Nc1ccc(OC(=O)OCC#C)cc1. The van der Waals surface area contributed by atoms with Gasteiger partial charge in [-0.25, -0.2) is 9.59 Å². The summed E-state index contributed by atoms with van der Waals surface area (Å²) in [5, 5.41) is 2.44. The summed E-state index contributed by atoms with van der Waals surface area (Å²) in [6.45, 7) is -0.284. The van der Waals surface area contributed by atoms with Crippen molar-refractivity contribution in [2.75, 3.05) is 18.5 Å². The Bertz CT molecular complexity index is 499. The molecular formula is C14H11NO5. The van der Waals surface area contributed by atoms with E-state index < -0.39 is 12.2 Å². The van der Waals surface area contributed by atoms with E-state index >= 15 is 0 Å². The van der Waals surface area contributed by atoms with Crippen LogP contribution in [0.25, 0.3) is 0 Å². The van der Waals surface area contributed by atoms with E-state index in [9.17, 15) is 9.59 Å². The zero-order chi connectivity index (χ0) is 14.8. The molecule has 0 heterocycles. The van der Waals surface area contributed by atoms with Crippen LogP contribution in [0.5, 0.6) is 5.75 Å². The Balaban J connectivity index is 2.48. The summed E-state index contributed by atoms with van der Waals surface area (Å²) in [7, 11) is 0. The Kier molecular flexibility index (Phi) is 6.02. The minimum atomic E-state index is -0.905. The van der Waals surface area contributed by atoms with Gasteiger partial charge >= 0.3 is 12.2 Å². The summed E-state index contributed by atoms with van der Waals surface area (Å²) < 4.78 is 14.0. The molecule has 6 heteroatoms. The second kappa shape index (κ2) is 8.06. The molecule has 0 fully saturated rings. The van der Waals surface area contributed by atoms with Gasteiger partial charge in [0.05, 0.1) is 0 Å². The normalized spacial score (nSPS) is 8.70. The second-order valence-electron chi connectivity index (χ2n) is 3.27. The summed E-state index contributed by atoms with van der Waals surface area (Å²) in [5.74, 6) is 4.54.